The quantitative estimate of drug-likeness (QED) is 0.320. The highest BCUT2D eigenvalue weighted by molar-refractivity contribution is 5.66. The van der Waals surface area contributed by atoms with Crippen LogP contribution in [0.15, 0.2) is 11.6 Å². The molecule has 0 aromatic heterocycles. The molecular weight excluding hydrogens is 508 g/mol. The molecule has 1 aliphatic heterocycles. The van der Waals surface area contributed by atoms with Crippen LogP contribution < -0.4 is 0 Å². The fraction of sp³-hybridized carbons (Fsp3) is 0.909. The molecule has 0 bridgehead atoms. The number of ether oxygens (including phenoxy) is 3. The lowest BCUT2D eigenvalue weighted by Gasteiger charge is -2.68. The summed E-state index contributed by atoms with van der Waals surface area (Å²) >= 11 is 0. The molecular formula is C33H54O7. The Morgan fingerprint density at radius 3 is 2.38 bits per heavy atom. The summed E-state index contributed by atoms with van der Waals surface area (Å²) in [4.78, 5) is 11.9. The minimum Gasteiger partial charge on any atom is -0.462 e. The molecule has 0 aromatic rings. The van der Waals surface area contributed by atoms with Crippen molar-refractivity contribution in [3.8, 4) is 0 Å². The van der Waals surface area contributed by atoms with Crippen molar-refractivity contribution in [2.45, 2.75) is 137 Å². The Labute approximate surface area is 241 Å². The molecule has 0 aromatic carbocycles. The van der Waals surface area contributed by atoms with Gasteiger partial charge in [0.05, 0.1) is 17.8 Å². The molecule has 1 heterocycles. The highest BCUT2D eigenvalue weighted by Gasteiger charge is 2.69. The number of methoxy groups -OCH3 is 1. The number of carbonyl (C=O) groups excluding carboxylic acids is 1. The molecule has 40 heavy (non-hydrogen) atoms. The van der Waals surface area contributed by atoms with Crippen molar-refractivity contribution < 1.29 is 34.3 Å². The van der Waals surface area contributed by atoms with Crippen molar-refractivity contribution in [1.29, 1.82) is 0 Å². The van der Waals surface area contributed by atoms with Gasteiger partial charge in [-0.25, -0.2) is 0 Å². The van der Waals surface area contributed by atoms with E-state index in [-0.39, 0.29) is 51.5 Å². The zero-order valence-electron chi connectivity index (χ0n) is 26.2. The van der Waals surface area contributed by atoms with Crippen LogP contribution in [-0.4, -0.2) is 64.7 Å². The molecule has 5 aliphatic rings. The third-order valence-electron chi connectivity index (χ3n) is 13.0. The highest BCUT2D eigenvalue weighted by Crippen LogP contribution is 2.73. The summed E-state index contributed by atoms with van der Waals surface area (Å²) in [5.41, 5.74) is -0.453. The summed E-state index contributed by atoms with van der Waals surface area (Å²) in [7, 11) is 1.67. The zero-order valence-corrected chi connectivity index (χ0v) is 26.2. The second-order valence-electron chi connectivity index (χ2n) is 15.8. The number of allylic oxidation sites excluding steroid dienone is 1. The van der Waals surface area contributed by atoms with Crippen molar-refractivity contribution in [1.82, 2.24) is 0 Å². The second-order valence-corrected chi connectivity index (χ2v) is 15.8. The van der Waals surface area contributed by atoms with Gasteiger partial charge in [-0.05, 0) is 87.4 Å². The van der Waals surface area contributed by atoms with Gasteiger partial charge >= 0.3 is 5.97 Å². The average Bonchev–Trinajstić information content (AvgIpc) is 3.43. The molecule has 0 amide bonds. The van der Waals surface area contributed by atoms with Crippen molar-refractivity contribution in [2.24, 2.45) is 45.3 Å². The summed E-state index contributed by atoms with van der Waals surface area (Å²) < 4.78 is 17.9. The van der Waals surface area contributed by atoms with Crippen molar-refractivity contribution in [3.63, 3.8) is 0 Å². The Bertz CT molecular complexity index is 1030. The number of hydrogen-bond acceptors (Lipinski definition) is 7. The zero-order chi connectivity index (χ0) is 29.6. The van der Waals surface area contributed by atoms with Gasteiger partial charge in [0.25, 0.3) is 0 Å². The van der Waals surface area contributed by atoms with Gasteiger partial charge < -0.3 is 29.5 Å². The Hall–Kier alpha value is -0.990. The van der Waals surface area contributed by atoms with E-state index in [1.807, 2.05) is 0 Å². The summed E-state index contributed by atoms with van der Waals surface area (Å²) in [5.74, 6) is 0.748. The Kier molecular flexibility index (Phi) is 7.44. The van der Waals surface area contributed by atoms with Crippen molar-refractivity contribution >= 4 is 5.97 Å². The molecule has 0 radical (unpaired) electrons. The Morgan fingerprint density at radius 1 is 1.10 bits per heavy atom. The summed E-state index contributed by atoms with van der Waals surface area (Å²) in [6.45, 7) is 16.4. The largest absolute Gasteiger partial charge is 0.462 e. The molecule has 1 saturated heterocycles. The van der Waals surface area contributed by atoms with E-state index in [0.717, 1.165) is 32.1 Å². The van der Waals surface area contributed by atoms with Gasteiger partial charge in [0, 0.05) is 30.8 Å². The van der Waals surface area contributed by atoms with Crippen LogP contribution in [0.3, 0.4) is 0 Å². The first-order valence-corrected chi connectivity index (χ1v) is 15.6. The minimum absolute atomic E-state index is 0.0435. The van der Waals surface area contributed by atoms with Crippen LogP contribution in [0.4, 0.5) is 0 Å². The maximum absolute atomic E-state index is 12.1. The van der Waals surface area contributed by atoms with Gasteiger partial charge in [0.2, 0.25) is 0 Å². The van der Waals surface area contributed by atoms with E-state index < -0.39 is 30.2 Å². The lowest BCUT2D eigenvalue weighted by atomic mass is 9.37. The standard InChI is InChI=1S/C33H54O7/c1-18(34)39-26-13-15-32(7)23-12-14-31(6)20(19-16-21(40-28(19)38-9)27(36)30(4,5)37)10-11-22(31)33(23,8)25(35)17-24(32)29(26,2)3/h11,19-21,23-28,35-37H,10,12-17H2,1-9H3/t19-,20+,21-,23-,24+,25-,26-,27+,28+,31+,32-,33+/m1/s1. The topological polar surface area (TPSA) is 105 Å². The molecule has 7 nitrogen and oxygen atoms in total. The normalized spacial score (nSPS) is 49.0. The first-order chi connectivity index (χ1) is 18.4. The van der Waals surface area contributed by atoms with Gasteiger partial charge in [-0.2, -0.15) is 0 Å². The van der Waals surface area contributed by atoms with E-state index in [4.69, 9.17) is 14.2 Å². The fourth-order valence-electron chi connectivity index (χ4n) is 11.0. The molecule has 4 fully saturated rings. The SMILES string of the molecule is CO[C@H]1O[C@@H]([C@H](O)C(C)(C)O)C[C@@H]1[C@@H]1CC=C2[C@]3(C)[C@H](O)C[C@H]4C(C)(C)[C@H](OC(C)=O)CC[C@]4(C)[C@H]3CC[C@]21C. The molecule has 0 spiro atoms. The lowest BCUT2D eigenvalue weighted by molar-refractivity contribution is -0.221. The van der Waals surface area contributed by atoms with E-state index in [1.165, 1.54) is 12.5 Å². The number of esters is 1. The van der Waals surface area contributed by atoms with Gasteiger partial charge in [-0.15, -0.1) is 0 Å². The fourth-order valence-corrected chi connectivity index (χ4v) is 11.0. The first kappa shape index (κ1) is 30.5. The predicted octanol–water partition coefficient (Wildman–Crippen LogP) is 5.00. The average molecular weight is 563 g/mol. The van der Waals surface area contributed by atoms with E-state index in [0.29, 0.717) is 18.8 Å². The third kappa shape index (κ3) is 4.27. The van der Waals surface area contributed by atoms with Gasteiger partial charge in [0.1, 0.15) is 12.2 Å². The van der Waals surface area contributed by atoms with E-state index in [2.05, 4.69) is 40.7 Å². The van der Waals surface area contributed by atoms with Crippen LogP contribution in [-0.2, 0) is 19.0 Å². The molecule has 228 valence electrons. The Balaban J connectivity index is 1.44. The lowest BCUT2D eigenvalue weighted by Crippen LogP contribution is -2.65. The summed E-state index contributed by atoms with van der Waals surface area (Å²) in [6.07, 6.45) is 6.11. The van der Waals surface area contributed by atoms with Gasteiger partial charge in [-0.3, -0.25) is 4.79 Å². The predicted molar refractivity (Wildman–Crippen MR) is 152 cm³/mol. The number of fused-ring (bicyclic) bond motifs is 5. The highest BCUT2D eigenvalue weighted by atomic mass is 16.7. The van der Waals surface area contributed by atoms with Crippen LogP contribution in [0, 0.1) is 45.3 Å². The number of hydrogen-bond donors (Lipinski definition) is 3. The molecule has 5 rings (SSSR count). The second kappa shape index (κ2) is 9.77. The van der Waals surface area contributed by atoms with Gasteiger partial charge in [-0.1, -0.05) is 46.3 Å². The molecule has 12 atom stereocenters. The van der Waals surface area contributed by atoms with Crippen LogP contribution in [0.1, 0.15) is 100 Å². The maximum atomic E-state index is 12.1. The smallest absolute Gasteiger partial charge is 0.302 e. The Morgan fingerprint density at radius 2 is 1.77 bits per heavy atom. The maximum Gasteiger partial charge on any atom is 0.302 e. The van der Waals surface area contributed by atoms with Crippen LogP contribution in [0.5, 0.6) is 0 Å². The molecule has 0 unspecified atom stereocenters. The third-order valence-corrected chi connectivity index (χ3v) is 13.0. The van der Waals surface area contributed by atoms with E-state index in [1.54, 1.807) is 21.0 Å². The number of aliphatic hydroxyl groups excluding tert-OH is 2. The molecule has 4 aliphatic carbocycles. The van der Waals surface area contributed by atoms with Crippen LogP contribution in [0.2, 0.25) is 0 Å². The van der Waals surface area contributed by atoms with Crippen molar-refractivity contribution in [2.75, 3.05) is 7.11 Å². The minimum atomic E-state index is -1.26. The molecule has 3 N–H and O–H groups in total. The first-order valence-electron chi connectivity index (χ1n) is 15.6. The van der Waals surface area contributed by atoms with E-state index >= 15 is 0 Å². The number of carbonyl (C=O) groups is 1. The van der Waals surface area contributed by atoms with Crippen LogP contribution in [0.25, 0.3) is 0 Å². The number of rotatable bonds is 5. The molecule has 7 heteroatoms. The number of aliphatic hydroxyl groups is 3. The van der Waals surface area contributed by atoms with Crippen molar-refractivity contribution in [3.05, 3.63) is 11.6 Å². The van der Waals surface area contributed by atoms with Gasteiger partial charge in [0.15, 0.2) is 6.29 Å². The monoisotopic (exact) mass is 562 g/mol. The molecule has 3 saturated carbocycles. The summed E-state index contributed by atoms with van der Waals surface area (Å²) in [5, 5.41) is 33.4. The summed E-state index contributed by atoms with van der Waals surface area (Å²) in [6, 6.07) is 0. The van der Waals surface area contributed by atoms with E-state index in [9.17, 15) is 20.1 Å². The van der Waals surface area contributed by atoms with Crippen LogP contribution >= 0.6 is 0 Å².